The van der Waals surface area contributed by atoms with Crippen LogP contribution in [0, 0.1) is 0 Å². The van der Waals surface area contributed by atoms with Crippen molar-refractivity contribution in [3.8, 4) is 11.4 Å². The summed E-state index contributed by atoms with van der Waals surface area (Å²) in [7, 11) is 1.79. The molecule has 3 rings (SSSR count). The Morgan fingerprint density at radius 3 is 2.52 bits per heavy atom. The first kappa shape index (κ1) is 13.7. The van der Waals surface area contributed by atoms with Gasteiger partial charge in [-0.25, -0.2) is 4.68 Å². The van der Waals surface area contributed by atoms with Crippen LogP contribution in [0.25, 0.3) is 11.4 Å². The fourth-order valence-electron chi connectivity index (χ4n) is 2.76. The van der Waals surface area contributed by atoms with Crippen molar-refractivity contribution in [3.63, 3.8) is 0 Å². The van der Waals surface area contributed by atoms with Gasteiger partial charge in [0.15, 0.2) is 5.82 Å². The number of hydrogen-bond acceptors (Lipinski definition) is 4. The molecule has 0 bridgehead atoms. The fourth-order valence-corrected chi connectivity index (χ4v) is 2.76. The molecule has 0 unspecified atom stereocenters. The zero-order chi connectivity index (χ0) is 14.7. The summed E-state index contributed by atoms with van der Waals surface area (Å²) in [6.45, 7) is 0. The third-order valence-corrected chi connectivity index (χ3v) is 3.97. The molecule has 1 amide bonds. The van der Waals surface area contributed by atoms with Crippen LogP contribution in [0.5, 0.6) is 0 Å². The van der Waals surface area contributed by atoms with Crippen LogP contribution in [0.2, 0.25) is 0 Å². The highest BCUT2D eigenvalue weighted by Gasteiger charge is 2.16. The molecule has 6 nitrogen and oxygen atoms in total. The van der Waals surface area contributed by atoms with E-state index in [0.717, 1.165) is 18.4 Å². The number of nitrogens with one attached hydrogen (secondary N) is 1. The van der Waals surface area contributed by atoms with E-state index in [1.54, 1.807) is 11.7 Å². The lowest BCUT2D eigenvalue weighted by Gasteiger charge is -2.22. The maximum Gasteiger partial charge on any atom is 0.251 e. The second-order valence-corrected chi connectivity index (χ2v) is 5.51. The lowest BCUT2D eigenvalue weighted by Crippen LogP contribution is -2.36. The van der Waals surface area contributed by atoms with Crippen molar-refractivity contribution in [2.24, 2.45) is 7.05 Å². The molecule has 1 aromatic carbocycles. The number of nitrogens with zero attached hydrogens (tertiary/aromatic N) is 4. The topological polar surface area (TPSA) is 72.7 Å². The molecule has 0 radical (unpaired) electrons. The number of amides is 1. The molecule has 1 saturated carbocycles. The van der Waals surface area contributed by atoms with Gasteiger partial charge in [0.1, 0.15) is 0 Å². The Labute approximate surface area is 123 Å². The Balaban J connectivity index is 1.69. The Kier molecular flexibility index (Phi) is 3.94. The Hall–Kier alpha value is -2.24. The summed E-state index contributed by atoms with van der Waals surface area (Å²) < 4.78 is 1.61. The van der Waals surface area contributed by atoms with E-state index >= 15 is 0 Å². The summed E-state index contributed by atoms with van der Waals surface area (Å²) >= 11 is 0. The standard InChI is InChI=1S/C15H19N5O/c1-20-14(17-18-19-20)11-7-9-12(10-8-11)15(21)16-13-5-3-2-4-6-13/h7-10,13H,2-6H2,1H3,(H,16,21). The van der Waals surface area contributed by atoms with Crippen LogP contribution in [0.15, 0.2) is 24.3 Å². The summed E-state index contributed by atoms with van der Waals surface area (Å²) in [6, 6.07) is 7.72. The van der Waals surface area contributed by atoms with Gasteiger partial charge < -0.3 is 5.32 Å². The highest BCUT2D eigenvalue weighted by molar-refractivity contribution is 5.94. The SMILES string of the molecule is Cn1nnnc1-c1ccc(C(=O)NC2CCCCC2)cc1. The molecule has 1 aromatic heterocycles. The normalized spacial score (nSPS) is 15.9. The van der Waals surface area contributed by atoms with Crippen LogP contribution in [-0.4, -0.2) is 32.2 Å². The van der Waals surface area contributed by atoms with E-state index in [1.807, 2.05) is 24.3 Å². The van der Waals surface area contributed by atoms with Crippen LogP contribution in [0.4, 0.5) is 0 Å². The van der Waals surface area contributed by atoms with Crippen LogP contribution in [0.3, 0.4) is 0 Å². The van der Waals surface area contributed by atoms with E-state index in [1.165, 1.54) is 19.3 Å². The molecule has 0 aliphatic heterocycles. The molecule has 1 aliphatic carbocycles. The van der Waals surface area contributed by atoms with Gasteiger partial charge in [0, 0.05) is 24.2 Å². The molecule has 21 heavy (non-hydrogen) atoms. The zero-order valence-electron chi connectivity index (χ0n) is 12.1. The van der Waals surface area contributed by atoms with Crippen molar-refractivity contribution in [1.29, 1.82) is 0 Å². The van der Waals surface area contributed by atoms with E-state index in [0.29, 0.717) is 17.4 Å². The number of aromatic nitrogens is 4. The van der Waals surface area contributed by atoms with Crippen molar-refractivity contribution in [2.75, 3.05) is 0 Å². The lowest BCUT2D eigenvalue weighted by atomic mass is 9.95. The lowest BCUT2D eigenvalue weighted by molar-refractivity contribution is 0.0928. The van der Waals surface area contributed by atoms with Crippen molar-refractivity contribution in [1.82, 2.24) is 25.5 Å². The number of hydrogen-bond donors (Lipinski definition) is 1. The highest BCUT2D eigenvalue weighted by atomic mass is 16.1. The number of carbonyl (C=O) groups is 1. The quantitative estimate of drug-likeness (QED) is 0.935. The number of carbonyl (C=O) groups excluding carboxylic acids is 1. The predicted molar refractivity (Wildman–Crippen MR) is 78.6 cm³/mol. The average Bonchev–Trinajstić information content (AvgIpc) is 2.94. The van der Waals surface area contributed by atoms with Gasteiger partial charge in [-0.3, -0.25) is 4.79 Å². The maximum absolute atomic E-state index is 12.2. The van der Waals surface area contributed by atoms with Crippen molar-refractivity contribution in [2.45, 2.75) is 38.1 Å². The molecule has 1 heterocycles. The van der Waals surface area contributed by atoms with Crippen LogP contribution >= 0.6 is 0 Å². The second kappa shape index (κ2) is 6.03. The van der Waals surface area contributed by atoms with Crippen molar-refractivity contribution in [3.05, 3.63) is 29.8 Å². The largest absolute Gasteiger partial charge is 0.349 e. The van der Waals surface area contributed by atoms with Gasteiger partial charge >= 0.3 is 0 Å². The van der Waals surface area contributed by atoms with E-state index in [-0.39, 0.29) is 5.91 Å². The third kappa shape index (κ3) is 3.09. The molecule has 1 N–H and O–H groups in total. The van der Waals surface area contributed by atoms with Gasteiger partial charge in [0.2, 0.25) is 0 Å². The number of benzene rings is 1. The van der Waals surface area contributed by atoms with Crippen LogP contribution in [0.1, 0.15) is 42.5 Å². The minimum absolute atomic E-state index is 0.00420. The molecular formula is C15H19N5O. The summed E-state index contributed by atoms with van der Waals surface area (Å²) in [5.74, 6) is 0.693. The number of tetrazole rings is 1. The fraction of sp³-hybridized carbons (Fsp3) is 0.467. The molecule has 0 atom stereocenters. The molecule has 1 fully saturated rings. The zero-order valence-corrected chi connectivity index (χ0v) is 12.1. The summed E-state index contributed by atoms with van der Waals surface area (Å²) in [5, 5.41) is 14.5. The van der Waals surface area contributed by atoms with Crippen LogP contribution in [-0.2, 0) is 7.05 Å². The smallest absolute Gasteiger partial charge is 0.251 e. The maximum atomic E-state index is 12.2. The summed E-state index contributed by atoms with van der Waals surface area (Å²) in [5.41, 5.74) is 1.58. The van der Waals surface area contributed by atoms with E-state index in [2.05, 4.69) is 20.8 Å². The Morgan fingerprint density at radius 2 is 1.90 bits per heavy atom. The van der Waals surface area contributed by atoms with Gasteiger partial charge in [-0.2, -0.15) is 0 Å². The van der Waals surface area contributed by atoms with Gasteiger partial charge in [0.05, 0.1) is 0 Å². The highest BCUT2D eigenvalue weighted by Crippen LogP contribution is 2.19. The third-order valence-electron chi connectivity index (χ3n) is 3.97. The average molecular weight is 285 g/mol. The molecule has 0 saturated heterocycles. The first-order chi connectivity index (χ1) is 10.2. The minimum atomic E-state index is 0.00420. The molecular weight excluding hydrogens is 266 g/mol. The molecule has 2 aromatic rings. The van der Waals surface area contributed by atoms with E-state index < -0.39 is 0 Å². The molecule has 0 spiro atoms. The first-order valence-electron chi connectivity index (χ1n) is 7.38. The van der Waals surface area contributed by atoms with Gasteiger partial charge in [-0.05, 0) is 35.4 Å². The second-order valence-electron chi connectivity index (χ2n) is 5.51. The monoisotopic (exact) mass is 285 g/mol. The van der Waals surface area contributed by atoms with Crippen LogP contribution < -0.4 is 5.32 Å². The van der Waals surface area contributed by atoms with Gasteiger partial charge in [-0.1, -0.05) is 31.4 Å². The molecule has 110 valence electrons. The Bertz CT molecular complexity index is 613. The molecule has 1 aliphatic rings. The summed E-state index contributed by atoms with van der Waals surface area (Å²) in [4.78, 5) is 12.2. The molecule has 6 heteroatoms. The van der Waals surface area contributed by atoms with Gasteiger partial charge in [0.25, 0.3) is 5.91 Å². The van der Waals surface area contributed by atoms with Gasteiger partial charge in [-0.15, -0.1) is 5.10 Å². The minimum Gasteiger partial charge on any atom is -0.349 e. The van der Waals surface area contributed by atoms with E-state index in [9.17, 15) is 4.79 Å². The number of rotatable bonds is 3. The Morgan fingerprint density at radius 1 is 1.19 bits per heavy atom. The van der Waals surface area contributed by atoms with E-state index in [4.69, 9.17) is 0 Å². The van der Waals surface area contributed by atoms with Crippen molar-refractivity contribution >= 4 is 5.91 Å². The predicted octanol–water partition coefficient (Wildman–Crippen LogP) is 1.94. The van der Waals surface area contributed by atoms with Crippen molar-refractivity contribution < 1.29 is 4.79 Å². The number of aryl methyl sites for hydroxylation is 1. The summed E-state index contributed by atoms with van der Waals surface area (Å²) in [6.07, 6.45) is 5.89. The first-order valence-corrected chi connectivity index (χ1v) is 7.38.